The maximum atomic E-state index is 12.3. The molecule has 16 heavy (non-hydrogen) atoms. The van der Waals surface area contributed by atoms with Crippen LogP contribution >= 0.6 is 0 Å². The largest absolute Gasteiger partial charge is 0.311 e. The molecule has 1 aromatic rings. The second-order valence-electron chi connectivity index (χ2n) is 5.07. The summed E-state index contributed by atoms with van der Waals surface area (Å²) in [5.41, 5.74) is 0.772. The van der Waals surface area contributed by atoms with Gasteiger partial charge in [0, 0.05) is 31.2 Å². The summed E-state index contributed by atoms with van der Waals surface area (Å²) in [5, 5.41) is 7.63. The number of hydrogen-bond donors (Lipinski definition) is 1. The predicted octanol–water partition coefficient (Wildman–Crippen LogP) is 1.13. The van der Waals surface area contributed by atoms with Gasteiger partial charge in [-0.15, -0.1) is 0 Å². The third-order valence-corrected chi connectivity index (χ3v) is 3.83. The Kier molecular flexibility index (Phi) is 2.32. The molecule has 2 fully saturated rings. The Morgan fingerprint density at radius 2 is 2.12 bits per heavy atom. The monoisotopic (exact) mass is 219 g/mol. The van der Waals surface area contributed by atoms with Crippen molar-refractivity contribution in [2.75, 3.05) is 0 Å². The van der Waals surface area contributed by atoms with Crippen molar-refractivity contribution in [2.45, 2.75) is 37.8 Å². The van der Waals surface area contributed by atoms with Crippen molar-refractivity contribution in [3.63, 3.8) is 0 Å². The van der Waals surface area contributed by atoms with Gasteiger partial charge in [0.2, 0.25) is 0 Å². The van der Waals surface area contributed by atoms with Crippen molar-refractivity contribution >= 4 is 5.78 Å². The van der Waals surface area contributed by atoms with Crippen molar-refractivity contribution in [3.05, 3.63) is 18.0 Å². The maximum Gasteiger partial charge on any atom is 0.169 e. The standard InChI is InChI=1S/C12H17N3O/c1-15-7-9(6-13-15)12(16)8-4-10-2-3-11(5-8)14-10/h6-8,10-11,14H,2-5H2,1H3. The van der Waals surface area contributed by atoms with E-state index in [0.717, 1.165) is 18.4 Å². The lowest BCUT2D eigenvalue weighted by atomic mass is 9.87. The van der Waals surface area contributed by atoms with E-state index < -0.39 is 0 Å². The van der Waals surface area contributed by atoms with Crippen LogP contribution in [0.15, 0.2) is 12.4 Å². The molecule has 0 amide bonds. The normalized spacial score (nSPS) is 32.9. The maximum absolute atomic E-state index is 12.3. The molecular weight excluding hydrogens is 202 g/mol. The molecule has 1 N–H and O–H groups in total. The molecule has 1 aromatic heterocycles. The van der Waals surface area contributed by atoms with Crippen molar-refractivity contribution in [1.82, 2.24) is 15.1 Å². The van der Waals surface area contributed by atoms with Gasteiger partial charge in [0.1, 0.15) is 0 Å². The van der Waals surface area contributed by atoms with Crippen molar-refractivity contribution in [2.24, 2.45) is 13.0 Å². The molecule has 2 aliphatic heterocycles. The highest BCUT2D eigenvalue weighted by molar-refractivity contribution is 5.97. The van der Waals surface area contributed by atoms with Crippen LogP contribution in [0, 0.1) is 5.92 Å². The average Bonchev–Trinajstić information content (AvgIpc) is 2.84. The molecule has 2 bridgehead atoms. The summed E-state index contributed by atoms with van der Waals surface area (Å²) in [6.45, 7) is 0. The molecule has 2 aliphatic rings. The molecule has 2 unspecified atom stereocenters. The number of carbonyl (C=O) groups excluding carboxylic acids is 1. The molecule has 4 nitrogen and oxygen atoms in total. The van der Waals surface area contributed by atoms with Gasteiger partial charge in [0.25, 0.3) is 0 Å². The minimum atomic E-state index is 0.211. The minimum absolute atomic E-state index is 0.211. The van der Waals surface area contributed by atoms with E-state index in [4.69, 9.17) is 0 Å². The molecule has 0 radical (unpaired) electrons. The number of fused-ring (bicyclic) bond motifs is 2. The number of aryl methyl sites for hydroxylation is 1. The fraction of sp³-hybridized carbons (Fsp3) is 0.667. The molecule has 4 heteroatoms. The van der Waals surface area contributed by atoms with Crippen LogP contribution in [-0.4, -0.2) is 27.6 Å². The quantitative estimate of drug-likeness (QED) is 0.759. The van der Waals surface area contributed by atoms with Crippen LogP contribution in [-0.2, 0) is 7.05 Å². The van der Waals surface area contributed by atoms with E-state index in [1.54, 1.807) is 10.9 Å². The molecule has 3 rings (SSSR count). The Balaban J connectivity index is 1.76. The molecule has 0 spiro atoms. The van der Waals surface area contributed by atoms with Crippen LogP contribution in [0.4, 0.5) is 0 Å². The van der Waals surface area contributed by atoms with Gasteiger partial charge in [0.15, 0.2) is 5.78 Å². The highest BCUT2D eigenvalue weighted by Crippen LogP contribution is 2.32. The fourth-order valence-electron chi connectivity index (χ4n) is 3.06. The summed E-state index contributed by atoms with van der Waals surface area (Å²) >= 11 is 0. The number of piperidine rings is 1. The van der Waals surface area contributed by atoms with Gasteiger partial charge in [0.05, 0.1) is 11.8 Å². The number of Topliss-reactive ketones (excluding diaryl/α,β-unsaturated/α-hetero) is 1. The zero-order valence-corrected chi connectivity index (χ0v) is 9.52. The average molecular weight is 219 g/mol. The Morgan fingerprint density at radius 3 is 2.69 bits per heavy atom. The fourth-order valence-corrected chi connectivity index (χ4v) is 3.06. The van der Waals surface area contributed by atoms with E-state index in [2.05, 4.69) is 10.4 Å². The number of nitrogens with one attached hydrogen (secondary N) is 1. The zero-order valence-electron chi connectivity index (χ0n) is 9.52. The highest BCUT2D eigenvalue weighted by Gasteiger charge is 2.36. The van der Waals surface area contributed by atoms with Crippen LogP contribution in [0.1, 0.15) is 36.0 Å². The third-order valence-electron chi connectivity index (χ3n) is 3.83. The van der Waals surface area contributed by atoms with Gasteiger partial charge in [-0.05, 0) is 25.7 Å². The topological polar surface area (TPSA) is 46.9 Å². The first kappa shape index (κ1) is 10.0. The molecular formula is C12H17N3O. The first-order chi connectivity index (χ1) is 7.72. The lowest BCUT2D eigenvalue weighted by Gasteiger charge is -2.27. The number of nitrogens with zero attached hydrogens (tertiary/aromatic N) is 2. The van der Waals surface area contributed by atoms with Crippen molar-refractivity contribution in [1.29, 1.82) is 0 Å². The van der Waals surface area contributed by atoms with E-state index in [1.807, 2.05) is 13.2 Å². The van der Waals surface area contributed by atoms with Gasteiger partial charge in [-0.3, -0.25) is 9.48 Å². The molecule has 3 heterocycles. The first-order valence-electron chi connectivity index (χ1n) is 6.01. The van der Waals surface area contributed by atoms with E-state index in [0.29, 0.717) is 12.1 Å². The van der Waals surface area contributed by atoms with Gasteiger partial charge >= 0.3 is 0 Å². The number of carbonyl (C=O) groups is 1. The summed E-state index contributed by atoms with van der Waals surface area (Å²) in [6, 6.07) is 1.15. The summed E-state index contributed by atoms with van der Waals surface area (Å²) in [6.07, 6.45) is 8.00. The summed E-state index contributed by atoms with van der Waals surface area (Å²) in [4.78, 5) is 12.3. The lowest BCUT2D eigenvalue weighted by molar-refractivity contribution is 0.0875. The Bertz CT molecular complexity index is 400. The van der Waals surface area contributed by atoms with Crippen LogP contribution in [0.2, 0.25) is 0 Å². The smallest absolute Gasteiger partial charge is 0.169 e. The van der Waals surface area contributed by atoms with Crippen LogP contribution in [0.25, 0.3) is 0 Å². The second-order valence-corrected chi connectivity index (χ2v) is 5.07. The number of rotatable bonds is 2. The van der Waals surface area contributed by atoms with Crippen molar-refractivity contribution < 1.29 is 4.79 Å². The number of hydrogen-bond acceptors (Lipinski definition) is 3. The second kappa shape index (κ2) is 3.70. The molecule has 2 atom stereocenters. The summed E-state index contributed by atoms with van der Waals surface area (Å²) < 4.78 is 1.70. The van der Waals surface area contributed by atoms with Gasteiger partial charge in [-0.2, -0.15) is 5.10 Å². The molecule has 0 saturated carbocycles. The summed E-state index contributed by atoms with van der Waals surface area (Å²) in [5.74, 6) is 0.495. The van der Waals surface area contributed by atoms with Crippen molar-refractivity contribution in [3.8, 4) is 0 Å². The highest BCUT2D eigenvalue weighted by atomic mass is 16.1. The van der Waals surface area contributed by atoms with E-state index in [-0.39, 0.29) is 11.7 Å². The number of aromatic nitrogens is 2. The minimum Gasteiger partial charge on any atom is -0.311 e. The van der Waals surface area contributed by atoms with Gasteiger partial charge < -0.3 is 5.32 Å². The predicted molar refractivity (Wildman–Crippen MR) is 60.2 cm³/mol. The van der Waals surface area contributed by atoms with Crippen LogP contribution < -0.4 is 5.32 Å². The van der Waals surface area contributed by atoms with Crippen LogP contribution in [0.5, 0.6) is 0 Å². The SMILES string of the molecule is Cn1cc(C(=O)C2CC3CCC(C2)N3)cn1. The molecule has 0 aliphatic carbocycles. The van der Waals surface area contributed by atoms with E-state index in [9.17, 15) is 4.79 Å². The number of ketones is 1. The first-order valence-corrected chi connectivity index (χ1v) is 6.01. The van der Waals surface area contributed by atoms with E-state index >= 15 is 0 Å². The Morgan fingerprint density at radius 1 is 1.44 bits per heavy atom. The van der Waals surface area contributed by atoms with Gasteiger partial charge in [-0.1, -0.05) is 0 Å². The van der Waals surface area contributed by atoms with E-state index in [1.165, 1.54) is 12.8 Å². The van der Waals surface area contributed by atoms with Gasteiger partial charge in [-0.25, -0.2) is 0 Å². The zero-order chi connectivity index (χ0) is 11.1. The van der Waals surface area contributed by atoms with Crippen LogP contribution in [0.3, 0.4) is 0 Å². The third kappa shape index (κ3) is 1.67. The Hall–Kier alpha value is -1.16. The summed E-state index contributed by atoms with van der Waals surface area (Å²) in [7, 11) is 1.85. The molecule has 0 aromatic carbocycles. The lowest BCUT2D eigenvalue weighted by Crippen LogP contribution is -2.40. The Labute approximate surface area is 95.0 Å². The molecule has 86 valence electrons. The molecule has 2 saturated heterocycles.